The van der Waals surface area contributed by atoms with E-state index < -0.39 is 0 Å². The molecule has 0 radical (unpaired) electrons. The summed E-state index contributed by atoms with van der Waals surface area (Å²) in [4.78, 5) is 16.1. The molecule has 0 fully saturated rings. The molecule has 0 spiro atoms. The standard InChI is InChI=1S/C19H16FN3O/c20-13-5-6-15-16(7-8-21-18(15)10-13)22-11-12-9-19(24)23-17-4-2-1-3-14(12)17/h1-8,10,12H,9,11H2,(H,21,22)(H,23,24). The molecule has 2 N–H and O–H groups in total. The summed E-state index contributed by atoms with van der Waals surface area (Å²) in [5.74, 6) is -0.175. The monoisotopic (exact) mass is 321 g/mol. The van der Waals surface area contributed by atoms with Crippen LogP contribution in [0.3, 0.4) is 0 Å². The smallest absolute Gasteiger partial charge is 0.225 e. The first-order chi connectivity index (χ1) is 11.7. The average Bonchev–Trinajstić information content (AvgIpc) is 2.59. The Morgan fingerprint density at radius 1 is 1.21 bits per heavy atom. The maximum absolute atomic E-state index is 13.3. The van der Waals surface area contributed by atoms with Crippen molar-refractivity contribution in [3.05, 3.63) is 66.1 Å². The van der Waals surface area contributed by atoms with Gasteiger partial charge in [-0.05, 0) is 29.8 Å². The Morgan fingerprint density at radius 2 is 2.08 bits per heavy atom. The lowest BCUT2D eigenvalue weighted by Crippen LogP contribution is -2.26. The maximum atomic E-state index is 13.3. The molecule has 5 heteroatoms. The molecule has 0 aliphatic carbocycles. The third kappa shape index (κ3) is 2.69. The van der Waals surface area contributed by atoms with Crippen LogP contribution in [-0.2, 0) is 4.79 Å². The summed E-state index contributed by atoms with van der Waals surface area (Å²) in [7, 11) is 0. The number of hydrogen-bond donors (Lipinski definition) is 2. The molecular formula is C19H16FN3O. The number of hydrogen-bond acceptors (Lipinski definition) is 3. The Balaban J connectivity index is 1.61. The topological polar surface area (TPSA) is 54.0 Å². The molecule has 0 saturated carbocycles. The van der Waals surface area contributed by atoms with Crippen LogP contribution < -0.4 is 10.6 Å². The lowest BCUT2D eigenvalue weighted by Gasteiger charge is -2.26. The quantitative estimate of drug-likeness (QED) is 0.769. The molecule has 2 heterocycles. The molecule has 4 rings (SSSR count). The van der Waals surface area contributed by atoms with E-state index in [1.54, 1.807) is 12.3 Å². The zero-order chi connectivity index (χ0) is 16.5. The van der Waals surface area contributed by atoms with Gasteiger partial charge in [0.1, 0.15) is 5.82 Å². The van der Waals surface area contributed by atoms with Crippen LogP contribution in [-0.4, -0.2) is 17.4 Å². The minimum atomic E-state index is -0.301. The summed E-state index contributed by atoms with van der Waals surface area (Å²) in [6.45, 7) is 0.626. The Kier molecular flexibility index (Phi) is 3.61. The van der Waals surface area contributed by atoms with E-state index in [0.717, 1.165) is 22.3 Å². The Bertz CT molecular complexity index is 925. The number of nitrogens with zero attached hydrogens (tertiary/aromatic N) is 1. The Labute approximate surface area is 138 Å². The highest BCUT2D eigenvalue weighted by molar-refractivity contribution is 5.95. The van der Waals surface area contributed by atoms with Crippen molar-refractivity contribution in [2.24, 2.45) is 0 Å². The highest BCUT2D eigenvalue weighted by atomic mass is 19.1. The summed E-state index contributed by atoms with van der Waals surface area (Å²) in [5, 5.41) is 7.17. The van der Waals surface area contributed by atoms with Crippen LogP contribution in [0.1, 0.15) is 17.9 Å². The van der Waals surface area contributed by atoms with Gasteiger partial charge in [0.05, 0.1) is 5.52 Å². The fraction of sp³-hybridized carbons (Fsp3) is 0.158. The molecule has 4 nitrogen and oxygen atoms in total. The van der Waals surface area contributed by atoms with E-state index in [0.29, 0.717) is 18.5 Å². The Hall–Kier alpha value is -2.95. The molecule has 1 aromatic heterocycles. The normalized spacial score (nSPS) is 16.5. The van der Waals surface area contributed by atoms with Gasteiger partial charge in [0.25, 0.3) is 0 Å². The van der Waals surface area contributed by atoms with Gasteiger partial charge in [-0.15, -0.1) is 0 Å². The van der Waals surface area contributed by atoms with E-state index in [4.69, 9.17) is 0 Å². The number of pyridine rings is 1. The van der Waals surface area contributed by atoms with Crippen LogP contribution in [0.5, 0.6) is 0 Å². The van der Waals surface area contributed by atoms with E-state index in [2.05, 4.69) is 15.6 Å². The number of halogens is 1. The molecule has 1 aliphatic rings. The number of rotatable bonds is 3. The fourth-order valence-corrected chi connectivity index (χ4v) is 3.19. The molecule has 0 saturated heterocycles. The van der Waals surface area contributed by atoms with Gasteiger partial charge >= 0.3 is 0 Å². The zero-order valence-electron chi connectivity index (χ0n) is 12.9. The van der Waals surface area contributed by atoms with Crippen molar-refractivity contribution in [2.75, 3.05) is 17.2 Å². The van der Waals surface area contributed by atoms with E-state index in [1.807, 2.05) is 30.3 Å². The van der Waals surface area contributed by atoms with Crippen molar-refractivity contribution >= 4 is 28.2 Å². The number of para-hydroxylation sites is 1. The first-order valence-electron chi connectivity index (χ1n) is 7.87. The number of nitrogens with one attached hydrogen (secondary N) is 2. The molecule has 1 atom stereocenters. The number of benzene rings is 2. The van der Waals surface area contributed by atoms with Gasteiger partial charge < -0.3 is 10.6 Å². The lowest BCUT2D eigenvalue weighted by atomic mass is 9.90. The number of carbonyl (C=O) groups excluding carboxylic acids is 1. The van der Waals surface area contributed by atoms with Crippen LogP contribution in [0, 0.1) is 5.82 Å². The van der Waals surface area contributed by atoms with E-state index >= 15 is 0 Å². The van der Waals surface area contributed by atoms with Gasteiger partial charge in [0.15, 0.2) is 0 Å². The largest absolute Gasteiger partial charge is 0.384 e. The van der Waals surface area contributed by atoms with Crippen LogP contribution in [0.4, 0.5) is 15.8 Å². The highest BCUT2D eigenvalue weighted by Gasteiger charge is 2.24. The SMILES string of the molecule is O=C1CC(CNc2ccnc3cc(F)ccc23)c2ccccc2N1. The molecule has 1 aliphatic heterocycles. The minimum absolute atomic E-state index is 0.0298. The summed E-state index contributed by atoms with van der Waals surface area (Å²) in [5.41, 5.74) is 3.52. The number of aromatic nitrogens is 1. The predicted octanol–water partition coefficient (Wildman–Crippen LogP) is 3.91. The third-order valence-electron chi connectivity index (χ3n) is 4.35. The number of amides is 1. The van der Waals surface area contributed by atoms with E-state index in [1.165, 1.54) is 12.1 Å². The van der Waals surface area contributed by atoms with Gasteiger partial charge in [-0.1, -0.05) is 18.2 Å². The van der Waals surface area contributed by atoms with E-state index in [-0.39, 0.29) is 17.6 Å². The molecular weight excluding hydrogens is 305 g/mol. The second-order valence-electron chi connectivity index (χ2n) is 5.94. The van der Waals surface area contributed by atoms with E-state index in [9.17, 15) is 9.18 Å². The fourth-order valence-electron chi connectivity index (χ4n) is 3.19. The van der Waals surface area contributed by atoms with Crippen molar-refractivity contribution in [1.29, 1.82) is 0 Å². The maximum Gasteiger partial charge on any atom is 0.225 e. The minimum Gasteiger partial charge on any atom is -0.384 e. The van der Waals surface area contributed by atoms with Crippen LogP contribution >= 0.6 is 0 Å². The summed E-state index contributed by atoms with van der Waals surface area (Å²) < 4.78 is 13.3. The third-order valence-corrected chi connectivity index (χ3v) is 4.35. The number of carbonyl (C=O) groups is 1. The first-order valence-corrected chi connectivity index (χ1v) is 7.87. The Morgan fingerprint density at radius 3 is 3.00 bits per heavy atom. The van der Waals surface area contributed by atoms with Crippen LogP contribution in [0.2, 0.25) is 0 Å². The molecule has 3 aromatic rings. The molecule has 1 unspecified atom stereocenters. The number of anilines is 2. The molecule has 0 bridgehead atoms. The van der Waals surface area contributed by atoms with Gasteiger partial charge in [0.2, 0.25) is 5.91 Å². The molecule has 1 amide bonds. The van der Waals surface area contributed by atoms with Gasteiger partial charge in [-0.25, -0.2) is 4.39 Å². The van der Waals surface area contributed by atoms with Gasteiger partial charge in [-0.3, -0.25) is 9.78 Å². The predicted molar refractivity (Wildman–Crippen MR) is 92.6 cm³/mol. The van der Waals surface area contributed by atoms with Gasteiger partial charge in [0, 0.05) is 47.9 Å². The zero-order valence-corrected chi connectivity index (χ0v) is 12.9. The van der Waals surface area contributed by atoms with Crippen molar-refractivity contribution < 1.29 is 9.18 Å². The summed E-state index contributed by atoms with van der Waals surface area (Å²) >= 11 is 0. The van der Waals surface area contributed by atoms with Crippen molar-refractivity contribution in [3.8, 4) is 0 Å². The van der Waals surface area contributed by atoms with Crippen molar-refractivity contribution in [2.45, 2.75) is 12.3 Å². The van der Waals surface area contributed by atoms with Crippen molar-refractivity contribution in [3.63, 3.8) is 0 Å². The summed E-state index contributed by atoms with van der Waals surface area (Å²) in [6.07, 6.45) is 2.10. The summed E-state index contributed by atoms with van der Waals surface area (Å²) in [6, 6.07) is 14.3. The molecule has 24 heavy (non-hydrogen) atoms. The first kappa shape index (κ1) is 14.6. The molecule has 2 aromatic carbocycles. The van der Waals surface area contributed by atoms with Crippen LogP contribution in [0.15, 0.2) is 54.7 Å². The highest BCUT2D eigenvalue weighted by Crippen LogP contribution is 2.32. The second kappa shape index (κ2) is 5.92. The number of fused-ring (bicyclic) bond motifs is 2. The second-order valence-corrected chi connectivity index (χ2v) is 5.94. The lowest BCUT2D eigenvalue weighted by molar-refractivity contribution is -0.116. The molecule has 120 valence electrons. The van der Waals surface area contributed by atoms with Gasteiger partial charge in [-0.2, -0.15) is 0 Å². The average molecular weight is 321 g/mol. The van der Waals surface area contributed by atoms with Crippen molar-refractivity contribution in [1.82, 2.24) is 4.98 Å². The van der Waals surface area contributed by atoms with Crippen LogP contribution in [0.25, 0.3) is 10.9 Å².